The van der Waals surface area contributed by atoms with Crippen LogP contribution in [0.1, 0.15) is 33.6 Å². The molecule has 11 heteroatoms. The molecule has 2 rings (SSSR count). The number of nitrogens with zero attached hydrogens (tertiary/aromatic N) is 2. The van der Waals surface area contributed by atoms with Crippen LogP contribution in [-0.4, -0.2) is 65.7 Å². The largest absolute Gasteiger partial charge is 0.468 e. The fourth-order valence-electron chi connectivity index (χ4n) is 3.14. The van der Waals surface area contributed by atoms with E-state index in [0.29, 0.717) is 5.69 Å². The third kappa shape index (κ3) is 6.56. The summed E-state index contributed by atoms with van der Waals surface area (Å²) in [5.41, 5.74) is -1.33. The molecule has 0 bridgehead atoms. The van der Waals surface area contributed by atoms with Gasteiger partial charge in [0.1, 0.15) is 17.7 Å². The average Bonchev–Trinajstić information content (AvgIpc) is 2.71. The third-order valence-corrected chi connectivity index (χ3v) is 4.79. The Balaban J connectivity index is 2.17. The number of esters is 1. The monoisotopic (exact) mass is 436 g/mol. The maximum absolute atomic E-state index is 13.0. The standard InChI is InChI=1S/C20H28N4O7/c1-19(2,3)31-18(27)23-11-9-20(10-12-23,17(26)21-13-16(25)30-4)22-14-5-7-15(8-6-14)24(28)29/h5-8,22H,9-13H2,1-4H3,(H,21,26). The van der Waals surface area contributed by atoms with E-state index in [1.165, 1.54) is 36.3 Å². The van der Waals surface area contributed by atoms with Crippen LogP contribution in [0.15, 0.2) is 24.3 Å². The number of piperidine rings is 1. The van der Waals surface area contributed by atoms with Crippen LogP contribution in [0.2, 0.25) is 0 Å². The third-order valence-electron chi connectivity index (χ3n) is 4.79. The number of ether oxygens (including phenoxy) is 2. The first-order chi connectivity index (χ1) is 14.5. The Hall–Kier alpha value is -3.37. The van der Waals surface area contributed by atoms with E-state index in [0.717, 1.165) is 0 Å². The maximum Gasteiger partial charge on any atom is 0.410 e. The van der Waals surface area contributed by atoms with Crippen molar-refractivity contribution in [3.8, 4) is 0 Å². The Morgan fingerprint density at radius 1 is 1.16 bits per heavy atom. The van der Waals surface area contributed by atoms with Crippen LogP contribution in [0, 0.1) is 10.1 Å². The van der Waals surface area contributed by atoms with Crippen molar-refractivity contribution in [2.75, 3.05) is 32.1 Å². The van der Waals surface area contributed by atoms with E-state index in [1.54, 1.807) is 20.8 Å². The lowest BCUT2D eigenvalue weighted by Gasteiger charge is -2.41. The highest BCUT2D eigenvalue weighted by Gasteiger charge is 2.43. The molecule has 0 radical (unpaired) electrons. The summed E-state index contributed by atoms with van der Waals surface area (Å²) < 4.78 is 9.96. The second kappa shape index (κ2) is 9.63. The molecule has 0 saturated carbocycles. The molecule has 0 aromatic heterocycles. The summed E-state index contributed by atoms with van der Waals surface area (Å²) in [5, 5.41) is 16.6. The number of anilines is 1. The van der Waals surface area contributed by atoms with E-state index in [4.69, 9.17) is 4.74 Å². The van der Waals surface area contributed by atoms with E-state index in [2.05, 4.69) is 15.4 Å². The number of nitro groups is 1. The van der Waals surface area contributed by atoms with Crippen LogP contribution < -0.4 is 10.6 Å². The Bertz CT molecular complexity index is 825. The van der Waals surface area contributed by atoms with Gasteiger partial charge in [-0.05, 0) is 45.7 Å². The molecule has 0 unspecified atom stereocenters. The zero-order valence-corrected chi connectivity index (χ0v) is 18.1. The van der Waals surface area contributed by atoms with Crippen molar-refractivity contribution in [1.82, 2.24) is 10.2 Å². The number of nitrogens with one attached hydrogen (secondary N) is 2. The predicted octanol–water partition coefficient (Wildman–Crippen LogP) is 2.07. The van der Waals surface area contributed by atoms with Gasteiger partial charge >= 0.3 is 12.1 Å². The molecule has 31 heavy (non-hydrogen) atoms. The fourth-order valence-corrected chi connectivity index (χ4v) is 3.14. The summed E-state index contributed by atoms with van der Waals surface area (Å²) in [7, 11) is 1.22. The summed E-state index contributed by atoms with van der Waals surface area (Å²) in [6.45, 7) is 5.52. The van der Waals surface area contributed by atoms with Crippen LogP contribution in [0.5, 0.6) is 0 Å². The number of non-ortho nitro benzene ring substituents is 1. The molecule has 0 atom stereocenters. The molecule has 2 N–H and O–H groups in total. The van der Waals surface area contributed by atoms with Gasteiger partial charge in [0.15, 0.2) is 0 Å². The molecule has 0 aliphatic carbocycles. The Labute approximate surface area is 180 Å². The predicted molar refractivity (Wildman–Crippen MR) is 112 cm³/mol. The van der Waals surface area contributed by atoms with Gasteiger partial charge in [-0.3, -0.25) is 19.7 Å². The van der Waals surface area contributed by atoms with Gasteiger partial charge in [0.05, 0.1) is 12.0 Å². The molecule has 0 spiro atoms. The van der Waals surface area contributed by atoms with Crippen LogP contribution in [0.3, 0.4) is 0 Å². The molecule has 170 valence electrons. The van der Waals surface area contributed by atoms with Crippen LogP contribution in [0.4, 0.5) is 16.2 Å². The minimum absolute atomic E-state index is 0.0745. The SMILES string of the molecule is COC(=O)CNC(=O)C1(Nc2ccc([N+](=O)[O-])cc2)CCN(C(=O)OC(C)(C)C)CC1. The molecule has 1 aliphatic rings. The van der Waals surface area contributed by atoms with E-state index < -0.39 is 34.0 Å². The topological polar surface area (TPSA) is 140 Å². The minimum atomic E-state index is -1.12. The number of carbonyl (C=O) groups excluding carboxylic acids is 3. The Morgan fingerprint density at radius 2 is 1.74 bits per heavy atom. The number of likely N-dealkylation sites (tertiary alicyclic amines) is 1. The quantitative estimate of drug-likeness (QED) is 0.392. The molecule has 1 heterocycles. The highest BCUT2D eigenvalue weighted by atomic mass is 16.6. The first-order valence-corrected chi connectivity index (χ1v) is 9.81. The first kappa shape index (κ1) is 23.9. The summed E-state index contributed by atoms with van der Waals surface area (Å²) >= 11 is 0. The normalized spacial score (nSPS) is 15.5. The van der Waals surface area contributed by atoms with E-state index in [1.807, 2.05) is 0 Å². The minimum Gasteiger partial charge on any atom is -0.468 e. The molecule has 1 saturated heterocycles. The summed E-state index contributed by atoms with van der Waals surface area (Å²) in [4.78, 5) is 48.7. The van der Waals surface area contributed by atoms with Crippen molar-refractivity contribution in [3.63, 3.8) is 0 Å². The Kier molecular flexibility index (Phi) is 7.42. The van der Waals surface area contributed by atoms with Crippen molar-refractivity contribution in [1.29, 1.82) is 0 Å². The number of hydrogen-bond acceptors (Lipinski definition) is 8. The van der Waals surface area contributed by atoms with Gasteiger partial charge < -0.3 is 25.0 Å². The molecule has 11 nitrogen and oxygen atoms in total. The zero-order chi connectivity index (χ0) is 23.2. The van der Waals surface area contributed by atoms with Gasteiger partial charge in [0, 0.05) is 30.9 Å². The van der Waals surface area contributed by atoms with Crippen molar-refractivity contribution in [2.45, 2.75) is 44.8 Å². The van der Waals surface area contributed by atoms with E-state index in [9.17, 15) is 24.5 Å². The number of benzene rings is 1. The molecule has 1 aromatic rings. The second-order valence-electron chi connectivity index (χ2n) is 8.24. The van der Waals surface area contributed by atoms with Crippen LogP contribution >= 0.6 is 0 Å². The van der Waals surface area contributed by atoms with Gasteiger partial charge in [-0.2, -0.15) is 0 Å². The van der Waals surface area contributed by atoms with Gasteiger partial charge in [-0.25, -0.2) is 4.79 Å². The lowest BCUT2D eigenvalue weighted by Crippen LogP contribution is -2.59. The molecular weight excluding hydrogens is 408 g/mol. The van der Waals surface area contributed by atoms with E-state index in [-0.39, 0.29) is 38.2 Å². The maximum atomic E-state index is 13.0. The lowest BCUT2D eigenvalue weighted by molar-refractivity contribution is -0.384. The van der Waals surface area contributed by atoms with Gasteiger partial charge in [0.25, 0.3) is 5.69 Å². The van der Waals surface area contributed by atoms with Crippen LogP contribution in [-0.2, 0) is 19.1 Å². The average molecular weight is 436 g/mol. The van der Waals surface area contributed by atoms with Crippen molar-refractivity contribution in [3.05, 3.63) is 34.4 Å². The summed E-state index contributed by atoms with van der Waals surface area (Å²) in [6, 6.07) is 5.68. The summed E-state index contributed by atoms with van der Waals surface area (Å²) in [5.74, 6) is -1.02. The second-order valence-corrected chi connectivity index (χ2v) is 8.24. The first-order valence-electron chi connectivity index (χ1n) is 9.81. The molecule has 1 fully saturated rings. The number of hydrogen-bond donors (Lipinski definition) is 2. The lowest BCUT2D eigenvalue weighted by atomic mass is 9.86. The molecule has 1 aromatic carbocycles. The molecular formula is C20H28N4O7. The van der Waals surface area contributed by atoms with Crippen LogP contribution in [0.25, 0.3) is 0 Å². The molecule has 2 amide bonds. The Morgan fingerprint density at radius 3 is 2.23 bits per heavy atom. The summed E-state index contributed by atoms with van der Waals surface area (Å²) in [6.07, 6.45) is 0.0262. The van der Waals surface area contributed by atoms with Gasteiger partial charge in [-0.15, -0.1) is 0 Å². The number of rotatable bonds is 6. The smallest absolute Gasteiger partial charge is 0.410 e. The zero-order valence-electron chi connectivity index (χ0n) is 18.1. The highest BCUT2D eigenvalue weighted by molar-refractivity contribution is 5.92. The van der Waals surface area contributed by atoms with Gasteiger partial charge in [-0.1, -0.05) is 0 Å². The number of methoxy groups -OCH3 is 1. The fraction of sp³-hybridized carbons (Fsp3) is 0.550. The number of amides is 2. The van der Waals surface area contributed by atoms with E-state index >= 15 is 0 Å². The number of carbonyl (C=O) groups is 3. The number of nitro benzene ring substituents is 1. The van der Waals surface area contributed by atoms with Gasteiger partial charge in [0.2, 0.25) is 5.91 Å². The highest BCUT2D eigenvalue weighted by Crippen LogP contribution is 2.29. The van der Waals surface area contributed by atoms with Crippen molar-refractivity contribution >= 4 is 29.3 Å². The van der Waals surface area contributed by atoms with Crippen molar-refractivity contribution < 1.29 is 28.8 Å². The van der Waals surface area contributed by atoms with Crippen molar-refractivity contribution in [2.24, 2.45) is 0 Å². The molecule has 1 aliphatic heterocycles.